The molecule has 6 heteroatoms. The first-order valence-electron chi connectivity index (χ1n) is 8.01. The molecule has 2 aromatic rings. The monoisotopic (exact) mass is 329 g/mol. The van der Waals surface area contributed by atoms with Gasteiger partial charge in [-0.15, -0.1) is 0 Å². The molecule has 0 spiro atoms. The number of ether oxygens (including phenoxy) is 1. The van der Waals surface area contributed by atoms with Crippen LogP contribution in [-0.2, 0) is 14.3 Å². The molecule has 1 amide bonds. The minimum absolute atomic E-state index is 0.0831. The lowest BCUT2D eigenvalue weighted by atomic mass is 10.0. The molecule has 128 valence electrons. The molecule has 1 aromatic carbocycles. The van der Waals surface area contributed by atoms with Gasteiger partial charge in [0.1, 0.15) is 6.04 Å². The van der Waals surface area contributed by atoms with Crippen LogP contribution in [0.5, 0.6) is 0 Å². The summed E-state index contributed by atoms with van der Waals surface area (Å²) in [7, 11) is 0. The number of esters is 1. The molecule has 1 N–H and O–H groups in total. The van der Waals surface area contributed by atoms with E-state index in [-0.39, 0.29) is 24.4 Å². The van der Waals surface area contributed by atoms with Crippen LogP contribution in [0.25, 0.3) is 0 Å². The van der Waals surface area contributed by atoms with Crippen LogP contribution >= 0.6 is 0 Å². The molecule has 1 aromatic heterocycles. The van der Waals surface area contributed by atoms with Crippen LogP contribution in [0, 0.1) is 0 Å². The van der Waals surface area contributed by atoms with Crippen molar-refractivity contribution in [1.82, 2.24) is 15.1 Å². The molecule has 2 atom stereocenters. The third-order valence-corrected chi connectivity index (χ3v) is 3.56. The van der Waals surface area contributed by atoms with Crippen molar-refractivity contribution in [1.29, 1.82) is 0 Å². The fourth-order valence-electron chi connectivity index (χ4n) is 2.34. The highest BCUT2D eigenvalue weighted by atomic mass is 16.5. The lowest BCUT2D eigenvalue weighted by Gasteiger charge is -2.21. The minimum atomic E-state index is -0.465. The van der Waals surface area contributed by atoms with E-state index in [0.29, 0.717) is 0 Å². The number of rotatable bonds is 7. The molecule has 1 heterocycles. The highest BCUT2D eigenvalue weighted by Gasteiger charge is 2.23. The molecule has 0 radical (unpaired) electrons. The smallest absolute Gasteiger partial charge is 0.308 e. The largest absolute Gasteiger partial charge is 0.463 e. The number of nitrogens with one attached hydrogen (secondary N) is 1. The van der Waals surface area contributed by atoms with Gasteiger partial charge >= 0.3 is 5.97 Å². The van der Waals surface area contributed by atoms with Gasteiger partial charge in [-0.1, -0.05) is 30.3 Å². The number of benzene rings is 1. The molecule has 0 fully saturated rings. The van der Waals surface area contributed by atoms with Crippen molar-refractivity contribution in [3.05, 3.63) is 54.4 Å². The van der Waals surface area contributed by atoms with E-state index in [1.165, 1.54) is 0 Å². The maximum atomic E-state index is 12.5. The Kier molecular flexibility index (Phi) is 6.12. The van der Waals surface area contributed by atoms with Gasteiger partial charge in [-0.2, -0.15) is 5.10 Å². The van der Waals surface area contributed by atoms with Crippen LogP contribution in [0.3, 0.4) is 0 Å². The Morgan fingerprint density at radius 1 is 1.17 bits per heavy atom. The van der Waals surface area contributed by atoms with Gasteiger partial charge in [0.25, 0.3) is 0 Å². The van der Waals surface area contributed by atoms with Crippen molar-refractivity contribution in [2.24, 2.45) is 0 Å². The molecule has 0 saturated carbocycles. The standard InChI is InChI=1S/C18H23N3O3/c1-13(2)24-17(22)12-16(15-8-5-4-6-9-15)20-18(23)14(3)21-11-7-10-19-21/h4-11,13-14,16H,12H2,1-3H3,(H,20,23). The van der Waals surface area contributed by atoms with Crippen LogP contribution in [0.2, 0.25) is 0 Å². The van der Waals surface area contributed by atoms with Gasteiger partial charge in [0.15, 0.2) is 0 Å². The van der Waals surface area contributed by atoms with Crippen molar-refractivity contribution in [2.45, 2.75) is 45.4 Å². The summed E-state index contributed by atoms with van der Waals surface area (Å²) in [5, 5.41) is 7.01. The number of nitrogens with zero attached hydrogens (tertiary/aromatic N) is 2. The van der Waals surface area contributed by atoms with Crippen LogP contribution < -0.4 is 5.32 Å². The Morgan fingerprint density at radius 3 is 2.46 bits per heavy atom. The van der Waals surface area contributed by atoms with Gasteiger partial charge in [0.05, 0.1) is 18.6 Å². The van der Waals surface area contributed by atoms with Crippen LogP contribution in [0.15, 0.2) is 48.8 Å². The molecule has 24 heavy (non-hydrogen) atoms. The quantitative estimate of drug-likeness (QED) is 0.793. The van der Waals surface area contributed by atoms with Crippen molar-refractivity contribution >= 4 is 11.9 Å². The number of aromatic nitrogens is 2. The molecule has 0 aliphatic rings. The Balaban J connectivity index is 2.11. The molecule has 0 bridgehead atoms. The lowest BCUT2D eigenvalue weighted by Crippen LogP contribution is -2.35. The predicted octanol–water partition coefficient (Wildman–Crippen LogP) is 2.64. The zero-order chi connectivity index (χ0) is 17.5. The van der Waals surface area contributed by atoms with Crippen LogP contribution in [0.1, 0.15) is 44.8 Å². The fourth-order valence-corrected chi connectivity index (χ4v) is 2.34. The first-order chi connectivity index (χ1) is 11.5. The zero-order valence-corrected chi connectivity index (χ0v) is 14.2. The Morgan fingerprint density at radius 2 is 1.88 bits per heavy atom. The van der Waals surface area contributed by atoms with E-state index in [2.05, 4.69) is 10.4 Å². The Hall–Kier alpha value is -2.63. The maximum Gasteiger partial charge on any atom is 0.308 e. The molecule has 0 aliphatic heterocycles. The summed E-state index contributed by atoms with van der Waals surface area (Å²) in [6, 6.07) is 10.3. The van der Waals surface area contributed by atoms with E-state index >= 15 is 0 Å². The summed E-state index contributed by atoms with van der Waals surface area (Å²) in [5.41, 5.74) is 0.860. The summed E-state index contributed by atoms with van der Waals surface area (Å²) in [4.78, 5) is 24.5. The Labute approximate surface area is 141 Å². The summed E-state index contributed by atoms with van der Waals surface area (Å²) >= 11 is 0. The van der Waals surface area contributed by atoms with Gasteiger partial charge < -0.3 is 10.1 Å². The molecule has 0 aliphatic carbocycles. The summed E-state index contributed by atoms with van der Waals surface area (Å²) in [6.45, 7) is 5.36. The second-order valence-corrected chi connectivity index (χ2v) is 5.88. The summed E-state index contributed by atoms with van der Waals surface area (Å²) in [5.74, 6) is -0.546. The van der Waals surface area contributed by atoms with Gasteiger partial charge in [-0.05, 0) is 32.4 Å². The zero-order valence-electron chi connectivity index (χ0n) is 14.2. The summed E-state index contributed by atoms with van der Waals surface area (Å²) in [6.07, 6.45) is 3.25. The number of carbonyl (C=O) groups is 2. The topological polar surface area (TPSA) is 73.2 Å². The van der Waals surface area contributed by atoms with Crippen LogP contribution in [0.4, 0.5) is 0 Å². The van der Waals surface area contributed by atoms with E-state index < -0.39 is 12.1 Å². The van der Waals surface area contributed by atoms with Crippen molar-refractivity contribution in [3.8, 4) is 0 Å². The SMILES string of the molecule is CC(C)OC(=O)CC(NC(=O)C(C)n1cccn1)c1ccccc1. The highest BCUT2D eigenvalue weighted by molar-refractivity contribution is 5.81. The van der Waals surface area contributed by atoms with Gasteiger partial charge in [-0.3, -0.25) is 14.3 Å². The van der Waals surface area contributed by atoms with E-state index in [1.807, 2.05) is 30.3 Å². The van der Waals surface area contributed by atoms with E-state index in [4.69, 9.17) is 4.74 Å². The molecule has 6 nitrogen and oxygen atoms in total. The lowest BCUT2D eigenvalue weighted by molar-refractivity contribution is -0.148. The molecule has 0 saturated heterocycles. The second-order valence-electron chi connectivity index (χ2n) is 5.88. The van der Waals surface area contributed by atoms with E-state index in [9.17, 15) is 9.59 Å². The molecule has 2 rings (SSSR count). The van der Waals surface area contributed by atoms with Crippen molar-refractivity contribution in [2.75, 3.05) is 0 Å². The molecular formula is C18H23N3O3. The molecule has 2 unspecified atom stereocenters. The predicted molar refractivity (Wildman–Crippen MR) is 90.1 cm³/mol. The summed E-state index contributed by atoms with van der Waals surface area (Å²) < 4.78 is 6.78. The highest BCUT2D eigenvalue weighted by Crippen LogP contribution is 2.19. The van der Waals surface area contributed by atoms with Crippen LogP contribution in [-0.4, -0.2) is 27.8 Å². The average Bonchev–Trinajstić information content (AvgIpc) is 3.08. The van der Waals surface area contributed by atoms with Gasteiger partial charge in [0.2, 0.25) is 5.91 Å². The number of hydrogen-bond donors (Lipinski definition) is 1. The molecular weight excluding hydrogens is 306 g/mol. The fraction of sp³-hybridized carbons (Fsp3) is 0.389. The number of carbonyl (C=O) groups excluding carboxylic acids is 2. The second kappa shape index (κ2) is 8.29. The number of amides is 1. The van der Waals surface area contributed by atoms with Crippen molar-refractivity contribution in [3.63, 3.8) is 0 Å². The maximum absolute atomic E-state index is 12.5. The first-order valence-corrected chi connectivity index (χ1v) is 8.01. The van der Waals surface area contributed by atoms with Gasteiger partial charge in [-0.25, -0.2) is 0 Å². The number of hydrogen-bond acceptors (Lipinski definition) is 4. The van der Waals surface area contributed by atoms with E-state index in [0.717, 1.165) is 5.56 Å². The van der Waals surface area contributed by atoms with Crippen molar-refractivity contribution < 1.29 is 14.3 Å². The normalized spacial score (nSPS) is 13.3. The Bertz CT molecular complexity index is 653. The first kappa shape index (κ1) is 17.7. The van der Waals surface area contributed by atoms with Gasteiger partial charge in [0, 0.05) is 12.4 Å². The average molecular weight is 329 g/mol. The third kappa shape index (κ3) is 4.94. The minimum Gasteiger partial charge on any atom is -0.463 e. The third-order valence-electron chi connectivity index (χ3n) is 3.56. The van der Waals surface area contributed by atoms with E-state index in [1.54, 1.807) is 43.9 Å².